The highest BCUT2D eigenvalue weighted by Crippen LogP contribution is 2.49. The van der Waals surface area contributed by atoms with Crippen molar-refractivity contribution in [2.75, 3.05) is 19.1 Å². The lowest BCUT2D eigenvalue weighted by molar-refractivity contribution is -0.124. The van der Waals surface area contributed by atoms with Crippen molar-refractivity contribution in [1.82, 2.24) is 0 Å². The third-order valence-corrected chi connectivity index (χ3v) is 7.33. The predicted octanol–water partition coefficient (Wildman–Crippen LogP) is 6.84. The van der Waals surface area contributed by atoms with Crippen LogP contribution in [0.3, 0.4) is 0 Å². The first kappa shape index (κ1) is 25.0. The summed E-state index contributed by atoms with van der Waals surface area (Å²) in [6.45, 7) is 4.17. The van der Waals surface area contributed by atoms with E-state index in [1.807, 2.05) is 42.5 Å². The summed E-state index contributed by atoms with van der Waals surface area (Å²) < 4.78 is 11.1. The average Bonchev–Trinajstić information content (AvgIpc) is 3.02. The summed E-state index contributed by atoms with van der Waals surface area (Å²) in [5.74, 6) is 0.323. The van der Waals surface area contributed by atoms with E-state index in [9.17, 15) is 9.59 Å². The van der Waals surface area contributed by atoms with Crippen molar-refractivity contribution < 1.29 is 19.1 Å². The molecule has 0 radical (unpaired) electrons. The second-order valence-corrected chi connectivity index (χ2v) is 10.7. The Labute approximate surface area is 221 Å². The number of nitrogens with zero attached hydrogens (tertiary/aromatic N) is 2. The molecule has 0 aromatic heterocycles. The number of rotatable bonds is 4. The van der Waals surface area contributed by atoms with Crippen LogP contribution in [0, 0.1) is 11.3 Å². The normalized spacial score (nSPS) is 20.3. The van der Waals surface area contributed by atoms with Crippen LogP contribution in [-0.2, 0) is 4.79 Å². The Morgan fingerprint density at radius 3 is 2.38 bits per heavy atom. The highest BCUT2D eigenvalue weighted by atomic mass is 35.5. The number of Topliss-reactive ketones (excluding diaryl/α,β-unsaturated/α-hetero) is 1. The molecular weight excluding hydrogens is 488 g/mol. The Morgan fingerprint density at radius 1 is 0.973 bits per heavy atom. The Hall–Kier alpha value is -3.64. The molecule has 1 amide bonds. The van der Waals surface area contributed by atoms with Gasteiger partial charge in [0.15, 0.2) is 11.5 Å². The zero-order valence-corrected chi connectivity index (χ0v) is 22.1. The van der Waals surface area contributed by atoms with Gasteiger partial charge in [0.25, 0.3) is 5.91 Å². The number of carbonyl (C=O) groups is 2. The molecule has 2 unspecified atom stereocenters. The number of ketones is 1. The first-order valence-corrected chi connectivity index (χ1v) is 12.6. The molecule has 6 nitrogen and oxygen atoms in total. The van der Waals surface area contributed by atoms with Crippen molar-refractivity contribution in [2.45, 2.75) is 32.7 Å². The van der Waals surface area contributed by atoms with Gasteiger partial charge in [0.05, 0.1) is 37.6 Å². The van der Waals surface area contributed by atoms with Crippen molar-refractivity contribution in [3.05, 3.63) is 82.9 Å². The van der Waals surface area contributed by atoms with Crippen molar-refractivity contribution >= 4 is 40.4 Å². The highest BCUT2D eigenvalue weighted by molar-refractivity contribution is 6.30. The van der Waals surface area contributed by atoms with Gasteiger partial charge in [0, 0.05) is 22.7 Å². The van der Waals surface area contributed by atoms with Crippen LogP contribution in [0.4, 0.5) is 11.4 Å². The topological polar surface area (TPSA) is 68.2 Å². The van der Waals surface area contributed by atoms with Gasteiger partial charge in [-0.3, -0.25) is 19.5 Å². The van der Waals surface area contributed by atoms with Gasteiger partial charge in [-0.15, -0.1) is 0 Å². The number of amides is 1. The lowest BCUT2D eigenvalue weighted by Crippen LogP contribution is -2.47. The minimum Gasteiger partial charge on any atom is -0.493 e. The van der Waals surface area contributed by atoms with Gasteiger partial charge < -0.3 is 9.47 Å². The molecule has 1 fully saturated rings. The van der Waals surface area contributed by atoms with Crippen LogP contribution >= 0.6 is 11.6 Å². The van der Waals surface area contributed by atoms with Crippen LogP contribution < -0.4 is 14.4 Å². The number of hydrogen-bond donors (Lipinski definition) is 0. The first-order valence-electron chi connectivity index (χ1n) is 12.2. The maximum absolute atomic E-state index is 14.3. The molecule has 0 saturated heterocycles. The number of hydrogen-bond acceptors (Lipinski definition) is 5. The van der Waals surface area contributed by atoms with Gasteiger partial charge in [-0.05, 0) is 65.9 Å². The summed E-state index contributed by atoms with van der Waals surface area (Å²) in [5.41, 5.74) is 3.12. The molecule has 2 atom stereocenters. The Kier molecular flexibility index (Phi) is 6.54. The van der Waals surface area contributed by atoms with Crippen molar-refractivity contribution in [2.24, 2.45) is 16.3 Å². The molecule has 7 heteroatoms. The molecule has 1 saturated carbocycles. The van der Waals surface area contributed by atoms with Crippen molar-refractivity contribution in [3.8, 4) is 11.5 Å². The van der Waals surface area contributed by atoms with E-state index in [4.69, 9.17) is 26.1 Å². The molecule has 0 spiro atoms. The Bertz CT molecular complexity index is 1400. The summed E-state index contributed by atoms with van der Waals surface area (Å²) in [7, 11) is 3.15. The van der Waals surface area contributed by atoms with E-state index >= 15 is 0 Å². The maximum Gasteiger partial charge on any atom is 0.258 e. The van der Waals surface area contributed by atoms with Gasteiger partial charge in [-0.2, -0.15) is 0 Å². The Balaban J connectivity index is 1.77. The highest BCUT2D eigenvalue weighted by Gasteiger charge is 2.48. The van der Waals surface area contributed by atoms with E-state index in [-0.39, 0.29) is 17.1 Å². The summed E-state index contributed by atoms with van der Waals surface area (Å²) in [6, 6.07) is 19.3. The quantitative estimate of drug-likeness (QED) is 0.381. The van der Waals surface area contributed by atoms with E-state index in [1.54, 1.807) is 43.4 Å². The number of ether oxygens (including phenoxy) is 2. The van der Waals surface area contributed by atoms with E-state index in [0.29, 0.717) is 46.3 Å². The summed E-state index contributed by atoms with van der Waals surface area (Å²) >= 11 is 6.12. The van der Waals surface area contributed by atoms with E-state index in [1.165, 1.54) is 0 Å². The number of halogens is 1. The van der Waals surface area contributed by atoms with Crippen LogP contribution in [-0.4, -0.2) is 31.6 Å². The minimum atomic E-state index is -0.631. The molecule has 1 aliphatic carbocycles. The van der Waals surface area contributed by atoms with Crippen LogP contribution in [0.25, 0.3) is 0 Å². The predicted molar refractivity (Wildman–Crippen MR) is 146 cm³/mol. The second-order valence-electron chi connectivity index (χ2n) is 10.3. The van der Waals surface area contributed by atoms with Gasteiger partial charge >= 0.3 is 0 Å². The molecule has 5 rings (SSSR count). The molecule has 3 aromatic carbocycles. The zero-order valence-electron chi connectivity index (χ0n) is 21.3. The fraction of sp³-hybridized carbons (Fsp3) is 0.300. The number of benzene rings is 3. The molecule has 37 heavy (non-hydrogen) atoms. The lowest BCUT2D eigenvalue weighted by atomic mass is 9.68. The summed E-state index contributed by atoms with van der Waals surface area (Å²) in [4.78, 5) is 34.9. The van der Waals surface area contributed by atoms with Gasteiger partial charge in [0.2, 0.25) is 0 Å². The van der Waals surface area contributed by atoms with Gasteiger partial charge in [0.1, 0.15) is 5.78 Å². The van der Waals surface area contributed by atoms with E-state index in [2.05, 4.69) is 13.8 Å². The van der Waals surface area contributed by atoms with Gasteiger partial charge in [-0.25, -0.2) is 0 Å². The minimum absolute atomic E-state index is 0.0662. The van der Waals surface area contributed by atoms with E-state index in [0.717, 1.165) is 11.3 Å². The maximum atomic E-state index is 14.3. The van der Waals surface area contributed by atoms with Gasteiger partial charge in [-0.1, -0.05) is 43.6 Å². The monoisotopic (exact) mass is 516 g/mol. The summed E-state index contributed by atoms with van der Waals surface area (Å²) in [6.07, 6.45) is 1.06. The molecule has 0 bridgehead atoms. The van der Waals surface area contributed by atoms with Crippen LogP contribution in [0.15, 0.2) is 71.7 Å². The molecule has 1 heterocycles. The molecule has 1 aliphatic heterocycles. The number of aliphatic imine (C=N–C) groups is 1. The number of methoxy groups -OCH3 is 2. The smallest absolute Gasteiger partial charge is 0.258 e. The largest absolute Gasteiger partial charge is 0.493 e. The second kappa shape index (κ2) is 9.67. The number of fused-ring (bicyclic) bond motifs is 2. The fourth-order valence-corrected chi connectivity index (χ4v) is 5.59. The average molecular weight is 517 g/mol. The number of anilines is 1. The zero-order chi connectivity index (χ0) is 26.3. The molecule has 2 aliphatic rings. The van der Waals surface area contributed by atoms with Crippen molar-refractivity contribution in [3.63, 3.8) is 0 Å². The third-order valence-electron chi connectivity index (χ3n) is 7.08. The molecule has 3 aromatic rings. The van der Waals surface area contributed by atoms with E-state index < -0.39 is 12.0 Å². The standard InChI is InChI=1S/C30H29ClN2O4/c1-30(2)16-22-27(24(34)17-30)28(19-11-14-25(36-3)26(15-19)37-4)33(23-8-6-5-7-21(23)32-22)29(35)18-9-12-20(31)13-10-18/h5-15,27-28H,16-17H2,1-4H3. The number of carbonyl (C=O) groups excluding carboxylic acids is 2. The molecular formula is C30H29ClN2O4. The number of para-hydroxylation sites is 2. The van der Waals surface area contributed by atoms with Crippen LogP contribution in [0.2, 0.25) is 5.02 Å². The van der Waals surface area contributed by atoms with Crippen LogP contribution in [0.1, 0.15) is 48.7 Å². The fourth-order valence-electron chi connectivity index (χ4n) is 5.46. The lowest BCUT2D eigenvalue weighted by Gasteiger charge is -2.41. The summed E-state index contributed by atoms with van der Waals surface area (Å²) in [5, 5.41) is 0.541. The van der Waals surface area contributed by atoms with Crippen LogP contribution in [0.5, 0.6) is 11.5 Å². The van der Waals surface area contributed by atoms with Crippen molar-refractivity contribution in [1.29, 1.82) is 0 Å². The third kappa shape index (κ3) is 4.62. The SMILES string of the molecule is COc1ccc(C2C3C(=O)CC(C)(C)CC3=Nc3ccccc3N2C(=O)c2ccc(Cl)cc2)cc1OC. The molecule has 0 N–H and O–H groups in total. The first-order chi connectivity index (χ1) is 17.7. The molecule has 190 valence electrons. The Morgan fingerprint density at radius 2 is 1.68 bits per heavy atom.